The molecule has 1 heterocycles. The first-order valence-electron chi connectivity index (χ1n) is 7.11. The highest BCUT2D eigenvalue weighted by atomic mass is 16.5. The van der Waals surface area contributed by atoms with E-state index in [0.29, 0.717) is 12.3 Å². The quantitative estimate of drug-likeness (QED) is 0.851. The smallest absolute Gasteiger partial charge is 0.227 e. The van der Waals surface area contributed by atoms with Crippen molar-refractivity contribution in [2.75, 3.05) is 38.6 Å². The van der Waals surface area contributed by atoms with Crippen molar-refractivity contribution in [1.82, 2.24) is 4.90 Å². The summed E-state index contributed by atoms with van der Waals surface area (Å²) in [4.78, 5) is 14.6. The second-order valence-electron chi connectivity index (χ2n) is 5.09. The summed E-state index contributed by atoms with van der Waals surface area (Å²) in [6, 6.07) is 7.49. The summed E-state index contributed by atoms with van der Waals surface area (Å²) in [6.45, 7) is 3.49. The molecule has 110 valence electrons. The van der Waals surface area contributed by atoms with Gasteiger partial charge in [-0.25, -0.2) is 0 Å². The van der Waals surface area contributed by atoms with Gasteiger partial charge < -0.3 is 20.7 Å². The fourth-order valence-corrected chi connectivity index (χ4v) is 2.58. The molecule has 0 atom stereocenters. The minimum Gasteiger partial charge on any atom is -0.495 e. The molecule has 1 aromatic carbocycles. The van der Waals surface area contributed by atoms with Crippen LogP contribution >= 0.6 is 0 Å². The summed E-state index contributed by atoms with van der Waals surface area (Å²) in [7, 11) is 1.61. The van der Waals surface area contributed by atoms with E-state index in [1.165, 1.54) is 0 Å². The van der Waals surface area contributed by atoms with Crippen LogP contribution in [0.3, 0.4) is 0 Å². The molecular weight excluding hydrogens is 254 g/mol. The van der Waals surface area contributed by atoms with Crippen LogP contribution in [0.2, 0.25) is 0 Å². The maximum Gasteiger partial charge on any atom is 0.227 e. The zero-order chi connectivity index (χ0) is 14.4. The summed E-state index contributed by atoms with van der Waals surface area (Å²) in [6.07, 6.45) is 1.78. The first-order valence-corrected chi connectivity index (χ1v) is 7.11. The Labute approximate surface area is 120 Å². The Balaban J connectivity index is 1.89. The Hall–Kier alpha value is -1.59. The van der Waals surface area contributed by atoms with Gasteiger partial charge in [0.1, 0.15) is 5.75 Å². The zero-order valence-electron chi connectivity index (χ0n) is 12.0. The molecule has 1 aliphatic rings. The molecular formula is C15H23N3O2. The number of hydrogen-bond donors (Lipinski definition) is 2. The number of carbonyl (C=O) groups excluding carboxylic acids is 1. The van der Waals surface area contributed by atoms with Gasteiger partial charge in [-0.3, -0.25) is 4.79 Å². The van der Waals surface area contributed by atoms with Gasteiger partial charge in [0.15, 0.2) is 0 Å². The van der Waals surface area contributed by atoms with Gasteiger partial charge in [-0.05, 0) is 38.1 Å². The maximum atomic E-state index is 12.3. The monoisotopic (exact) mass is 277 g/mol. The Kier molecular flexibility index (Phi) is 5.38. The number of nitrogens with two attached hydrogens (primary N) is 1. The number of carbonyl (C=O) groups is 1. The van der Waals surface area contributed by atoms with E-state index in [0.717, 1.165) is 38.2 Å². The first kappa shape index (κ1) is 14.8. The van der Waals surface area contributed by atoms with Crippen LogP contribution in [-0.4, -0.2) is 44.1 Å². The van der Waals surface area contributed by atoms with E-state index < -0.39 is 0 Å². The van der Waals surface area contributed by atoms with Crippen molar-refractivity contribution < 1.29 is 9.53 Å². The number of hydrogen-bond acceptors (Lipinski definition) is 4. The lowest BCUT2D eigenvalue weighted by Gasteiger charge is -2.30. The van der Waals surface area contributed by atoms with Crippen LogP contribution in [0.1, 0.15) is 12.8 Å². The third-order valence-corrected chi connectivity index (χ3v) is 3.77. The normalized spacial score (nSPS) is 16.9. The molecule has 3 N–H and O–H groups in total. The van der Waals surface area contributed by atoms with Crippen LogP contribution in [0.5, 0.6) is 5.75 Å². The van der Waals surface area contributed by atoms with Crippen molar-refractivity contribution in [2.24, 2.45) is 11.7 Å². The largest absolute Gasteiger partial charge is 0.495 e. The van der Waals surface area contributed by atoms with Crippen molar-refractivity contribution in [3.63, 3.8) is 0 Å². The van der Waals surface area contributed by atoms with Crippen molar-refractivity contribution in [3.05, 3.63) is 24.3 Å². The molecule has 0 unspecified atom stereocenters. The lowest BCUT2D eigenvalue weighted by molar-refractivity contribution is -0.121. The van der Waals surface area contributed by atoms with E-state index in [-0.39, 0.29) is 11.8 Å². The predicted octanol–water partition coefficient (Wildman–Crippen LogP) is 1.30. The number of methoxy groups -OCH3 is 1. The molecule has 5 heteroatoms. The average Bonchev–Trinajstić information content (AvgIpc) is 2.49. The van der Waals surface area contributed by atoms with Crippen LogP contribution in [0.25, 0.3) is 0 Å². The van der Waals surface area contributed by atoms with E-state index in [1.807, 2.05) is 24.3 Å². The van der Waals surface area contributed by atoms with Crippen molar-refractivity contribution in [3.8, 4) is 5.75 Å². The van der Waals surface area contributed by atoms with Gasteiger partial charge in [-0.2, -0.15) is 0 Å². The van der Waals surface area contributed by atoms with Crippen LogP contribution < -0.4 is 15.8 Å². The number of anilines is 1. The van der Waals surface area contributed by atoms with Crippen LogP contribution in [0.15, 0.2) is 24.3 Å². The molecule has 1 saturated heterocycles. The average molecular weight is 277 g/mol. The predicted molar refractivity (Wildman–Crippen MR) is 79.8 cm³/mol. The Morgan fingerprint density at radius 3 is 2.75 bits per heavy atom. The van der Waals surface area contributed by atoms with Gasteiger partial charge in [0, 0.05) is 19.0 Å². The fourth-order valence-electron chi connectivity index (χ4n) is 2.58. The van der Waals surface area contributed by atoms with Crippen molar-refractivity contribution >= 4 is 11.6 Å². The number of benzene rings is 1. The maximum absolute atomic E-state index is 12.3. The first-order chi connectivity index (χ1) is 9.74. The molecule has 0 aliphatic carbocycles. The Morgan fingerprint density at radius 2 is 2.10 bits per heavy atom. The molecule has 5 nitrogen and oxygen atoms in total. The van der Waals surface area contributed by atoms with Gasteiger partial charge in [-0.1, -0.05) is 12.1 Å². The third kappa shape index (κ3) is 3.71. The van der Waals surface area contributed by atoms with E-state index in [4.69, 9.17) is 10.5 Å². The topological polar surface area (TPSA) is 67.6 Å². The number of ether oxygens (including phenoxy) is 1. The molecule has 1 aromatic rings. The highest BCUT2D eigenvalue weighted by Gasteiger charge is 2.25. The van der Waals surface area contributed by atoms with Gasteiger partial charge in [-0.15, -0.1) is 0 Å². The lowest BCUT2D eigenvalue weighted by atomic mass is 9.96. The second-order valence-corrected chi connectivity index (χ2v) is 5.09. The molecule has 20 heavy (non-hydrogen) atoms. The minimum atomic E-state index is 0.0777. The van der Waals surface area contributed by atoms with E-state index in [1.54, 1.807) is 7.11 Å². The summed E-state index contributed by atoms with van der Waals surface area (Å²) < 4.78 is 5.25. The standard InChI is InChI=1S/C15H23N3O2/c1-20-14-5-3-2-4-13(14)17-15(19)12-6-9-18(10-7-12)11-8-16/h2-5,12H,6-11,16H2,1H3,(H,17,19). The van der Waals surface area contributed by atoms with E-state index >= 15 is 0 Å². The molecule has 2 rings (SSSR count). The summed E-state index contributed by atoms with van der Waals surface area (Å²) in [5, 5.41) is 2.97. The molecule has 0 spiro atoms. The number of likely N-dealkylation sites (tertiary alicyclic amines) is 1. The van der Waals surface area contributed by atoms with Crippen LogP contribution in [0.4, 0.5) is 5.69 Å². The number of nitrogens with one attached hydrogen (secondary N) is 1. The SMILES string of the molecule is COc1ccccc1NC(=O)C1CCN(CCN)CC1. The highest BCUT2D eigenvalue weighted by molar-refractivity contribution is 5.94. The molecule has 1 fully saturated rings. The number of nitrogens with zero attached hydrogens (tertiary/aromatic N) is 1. The molecule has 0 radical (unpaired) electrons. The Morgan fingerprint density at radius 1 is 1.40 bits per heavy atom. The van der Waals surface area contributed by atoms with E-state index in [9.17, 15) is 4.79 Å². The zero-order valence-corrected chi connectivity index (χ0v) is 12.0. The third-order valence-electron chi connectivity index (χ3n) is 3.77. The number of piperidine rings is 1. The fraction of sp³-hybridized carbons (Fsp3) is 0.533. The van der Waals surface area contributed by atoms with Crippen molar-refractivity contribution in [2.45, 2.75) is 12.8 Å². The summed E-state index contributed by atoms with van der Waals surface area (Å²) in [5.41, 5.74) is 6.29. The van der Waals surface area contributed by atoms with Crippen LogP contribution in [0, 0.1) is 5.92 Å². The number of rotatable bonds is 5. The highest BCUT2D eigenvalue weighted by Crippen LogP contribution is 2.25. The summed E-state index contributed by atoms with van der Waals surface area (Å²) >= 11 is 0. The molecule has 1 aliphatic heterocycles. The summed E-state index contributed by atoms with van der Waals surface area (Å²) in [5.74, 6) is 0.859. The van der Waals surface area contributed by atoms with Crippen molar-refractivity contribution in [1.29, 1.82) is 0 Å². The number of para-hydroxylation sites is 2. The van der Waals surface area contributed by atoms with E-state index in [2.05, 4.69) is 10.2 Å². The van der Waals surface area contributed by atoms with Gasteiger partial charge in [0.2, 0.25) is 5.91 Å². The Bertz CT molecular complexity index is 442. The molecule has 0 saturated carbocycles. The lowest BCUT2D eigenvalue weighted by Crippen LogP contribution is -2.40. The van der Waals surface area contributed by atoms with Gasteiger partial charge in [0.05, 0.1) is 12.8 Å². The molecule has 0 bridgehead atoms. The minimum absolute atomic E-state index is 0.0777. The van der Waals surface area contributed by atoms with Gasteiger partial charge in [0.25, 0.3) is 0 Å². The second kappa shape index (κ2) is 7.26. The number of amides is 1. The van der Waals surface area contributed by atoms with Gasteiger partial charge >= 0.3 is 0 Å². The van der Waals surface area contributed by atoms with Crippen LogP contribution in [-0.2, 0) is 4.79 Å². The molecule has 1 amide bonds. The molecule has 0 aromatic heterocycles.